The molecule has 1 saturated heterocycles. The second-order valence-electron chi connectivity index (χ2n) is 3.65. The van der Waals surface area contributed by atoms with Crippen LogP contribution < -0.4 is 5.32 Å². The summed E-state index contributed by atoms with van der Waals surface area (Å²) in [6.07, 6.45) is 1.01. The predicted octanol–water partition coefficient (Wildman–Crippen LogP) is 3.08. The molecule has 1 fully saturated rings. The van der Waals surface area contributed by atoms with E-state index in [1.807, 2.05) is 0 Å². The van der Waals surface area contributed by atoms with Crippen molar-refractivity contribution in [1.29, 1.82) is 0 Å². The van der Waals surface area contributed by atoms with Crippen molar-refractivity contribution in [2.75, 3.05) is 5.75 Å². The summed E-state index contributed by atoms with van der Waals surface area (Å²) >= 11 is 1.63. The van der Waals surface area contributed by atoms with Gasteiger partial charge in [-0.15, -0.1) is 11.8 Å². The van der Waals surface area contributed by atoms with Crippen LogP contribution in [-0.2, 0) is 0 Å². The molecule has 1 N–H and O–H groups in total. The monoisotopic (exact) mass is 229 g/mol. The molecule has 1 aromatic rings. The van der Waals surface area contributed by atoms with Crippen molar-refractivity contribution in [3.8, 4) is 0 Å². The van der Waals surface area contributed by atoms with Crippen LogP contribution in [0.2, 0.25) is 0 Å². The van der Waals surface area contributed by atoms with Crippen molar-refractivity contribution in [3.63, 3.8) is 0 Å². The first-order valence-corrected chi connectivity index (χ1v) is 6.08. The molecule has 1 heterocycles. The highest BCUT2D eigenvalue weighted by atomic mass is 32.2. The zero-order valence-corrected chi connectivity index (χ0v) is 9.28. The van der Waals surface area contributed by atoms with E-state index in [0.717, 1.165) is 18.2 Å². The minimum Gasteiger partial charge on any atom is -0.298 e. The Kier molecular flexibility index (Phi) is 3.26. The maximum Gasteiger partial charge on any atom is 0.129 e. The van der Waals surface area contributed by atoms with Crippen molar-refractivity contribution in [2.45, 2.75) is 24.8 Å². The number of benzene rings is 1. The zero-order valence-electron chi connectivity index (χ0n) is 8.47. The fraction of sp³-hybridized carbons (Fsp3) is 0.455. The summed E-state index contributed by atoms with van der Waals surface area (Å²) in [6, 6.07) is 4.02. The lowest BCUT2D eigenvalue weighted by molar-refractivity contribution is 0.531. The second kappa shape index (κ2) is 4.49. The minimum atomic E-state index is -0.381. The molecule has 0 spiro atoms. The maximum absolute atomic E-state index is 13.4. The molecular weight excluding hydrogens is 216 g/mol. The fourth-order valence-electron chi connectivity index (χ4n) is 1.65. The summed E-state index contributed by atoms with van der Waals surface area (Å²) in [4.78, 5) is 0. The van der Waals surface area contributed by atoms with E-state index in [0.29, 0.717) is 11.6 Å². The van der Waals surface area contributed by atoms with Crippen LogP contribution in [0.1, 0.15) is 24.3 Å². The fourth-order valence-corrected chi connectivity index (χ4v) is 3.06. The number of thioether (sulfide) groups is 1. The quantitative estimate of drug-likeness (QED) is 0.836. The van der Waals surface area contributed by atoms with Crippen LogP contribution in [0.5, 0.6) is 0 Å². The average molecular weight is 229 g/mol. The van der Waals surface area contributed by atoms with Crippen molar-refractivity contribution >= 4 is 11.8 Å². The van der Waals surface area contributed by atoms with Gasteiger partial charge >= 0.3 is 0 Å². The van der Waals surface area contributed by atoms with Gasteiger partial charge in [0.2, 0.25) is 0 Å². The second-order valence-corrected chi connectivity index (χ2v) is 4.79. The van der Waals surface area contributed by atoms with Gasteiger partial charge in [0.25, 0.3) is 0 Å². The Bertz CT molecular complexity index is 356. The van der Waals surface area contributed by atoms with E-state index >= 15 is 0 Å². The molecule has 2 unspecified atom stereocenters. The molecule has 1 aliphatic rings. The Labute approximate surface area is 92.3 Å². The smallest absolute Gasteiger partial charge is 0.129 e. The molecule has 2 rings (SSSR count). The van der Waals surface area contributed by atoms with E-state index in [1.165, 1.54) is 12.1 Å². The predicted molar refractivity (Wildman–Crippen MR) is 58.8 cm³/mol. The summed E-state index contributed by atoms with van der Waals surface area (Å²) in [7, 11) is 0. The molecular formula is C11H13F2NS. The summed E-state index contributed by atoms with van der Waals surface area (Å²) in [5.74, 6) is 0.240. The number of halogens is 2. The van der Waals surface area contributed by atoms with Crippen molar-refractivity contribution < 1.29 is 8.78 Å². The van der Waals surface area contributed by atoms with Gasteiger partial charge in [0.1, 0.15) is 11.6 Å². The van der Waals surface area contributed by atoms with Crippen molar-refractivity contribution in [1.82, 2.24) is 5.32 Å². The van der Waals surface area contributed by atoms with Gasteiger partial charge in [-0.1, -0.05) is 6.92 Å². The van der Waals surface area contributed by atoms with E-state index < -0.39 is 0 Å². The maximum atomic E-state index is 13.4. The van der Waals surface area contributed by atoms with E-state index in [2.05, 4.69) is 12.2 Å². The SMILES string of the molecule is CCC1CSC(c2cc(F)ccc2F)N1. The van der Waals surface area contributed by atoms with E-state index in [-0.39, 0.29) is 17.0 Å². The third-order valence-electron chi connectivity index (χ3n) is 2.58. The number of hydrogen-bond donors (Lipinski definition) is 1. The summed E-state index contributed by atoms with van der Waals surface area (Å²) in [5, 5.41) is 3.18. The molecule has 1 aliphatic heterocycles. The van der Waals surface area contributed by atoms with Gasteiger partial charge in [-0.3, -0.25) is 5.32 Å². The largest absolute Gasteiger partial charge is 0.298 e. The summed E-state index contributed by atoms with van der Waals surface area (Å²) in [5.41, 5.74) is 0.427. The highest BCUT2D eigenvalue weighted by molar-refractivity contribution is 7.99. The summed E-state index contributed by atoms with van der Waals surface area (Å²) in [6.45, 7) is 2.09. The lowest BCUT2D eigenvalue weighted by Gasteiger charge is -2.13. The number of nitrogens with one attached hydrogen (secondary N) is 1. The molecule has 82 valence electrons. The first kappa shape index (κ1) is 10.9. The van der Waals surface area contributed by atoms with Gasteiger partial charge in [0.15, 0.2) is 0 Å². The zero-order chi connectivity index (χ0) is 10.8. The third-order valence-corrected chi connectivity index (χ3v) is 3.90. The molecule has 1 nitrogen and oxygen atoms in total. The van der Waals surface area contributed by atoms with Crippen LogP contribution in [0.4, 0.5) is 8.78 Å². The van der Waals surface area contributed by atoms with Crippen molar-refractivity contribution in [3.05, 3.63) is 35.4 Å². The van der Waals surface area contributed by atoms with Crippen LogP contribution in [0.3, 0.4) is 0 Å². The average Bonchev–Trinajstić information content (AvgIpc) is 2.70. The summed E-state index contributed by atoms with van der Waals surface area (Å²) < 4.78 is 26.4. The molecule has 15 heavy (non-hydrogen) atoms. The Hall–Kier alpha value is -0.610. The number of rotatable bonds is 2. The molecule has 4 heteroatoms. The Morgan fingerprint density at radius 1 is 1.47 bits per heavy atom. The van der Waals surface area contributed by atoms with Crippen LogP contribution in [0.25, 0.3) is 0 Å². The van der Waals surface area contributed by atoms with Gasteiger partial charge in [0, 0.05) is 17.4 Å². The highest BCUT2D eigenvalue weighted by Crippen LogP contribution is 2.34. The molecule has 0 aliphatic carbocycles. The van der Waals surface area contributed by atoms with E-state index in [4.69, 9.17) is 0 Å². The van der Waals surface area contributed by atoms with Gasteiger partial charge < -0.3 is 0 Å². The van der Waals surface area contributed by atoms with Gasteiger partial charge in [0.05, 0.1) is 5.37 Å². The highest BCUT2D eigenvalue weighted by Gasteiger charge is 2.26. The first-order valence-electron chi connectivity index (χ1n) is 5.03. The van der Waals surface area contributed by atoms with Gasteiger partial charge in [-0.25, -0.2) is 8.78 Å². The topological polar surface area (TPSA) is 12.0 Å². The van der Waals surface area contributed by atoms with E-state index in [9.17, 15) is 8.78 Å². The molecule has 0 amide bonds. The Morgan fingerprint density at radius 2 is 2.27 bits per heavy atom. The first-order chi connectivity index (χ1) is 7.20. The third kappa shape index (κ3) is 2.32. The molecule has 0 radical (unpaired) electrons. The lowest BCUT2D eigenvalue weighted by atomic mass is 10.2. The molecule has 0 bridgehead atoms. The Morgan fingerprint density at radius 3 is 2.93 bits per heavy atom. The molecule has 0 saturated carbocycles. The van der Waals surface area contributed by atoms with Crippen LogP contribution in [-0.4, -0.2) is 11.8 Å². The Balaban J connectivity index is 2.19. The lowest BCUT2D eigenvalue weighted by Crippen LogP contribution is -2.25. The van der Waals surface area contributed by atoms with E-state index in [1.54, 1.807) is 11.8 Å². The van der Waals surface area contributed by atoms with Crippen LogP contribution >= 0.6 is 11.8 Å². The molecule has 0 aromatic heterocycles. The molecule has 2 atom stereocenters. The standard InChI is InChI=1S/C11H13F2NS/c1-2-8-6-15-11(14-8)9-5-7(12)3-4-10(9)13/h3-5,8,11,14H,2,6H2,1H3. The van der Waals surface area contributed by atoms with Crippen LogP contribution in [0.15, 0.2) is 18.2 Å². The molecule has 1 aromatic carbocycles. The normalized spacial score (nSPS) is 25.8. The number of hydrogen-bond acceptors (Lipinski definition) is 2. The van der Waals surface area contributed by atoms with Gasteiger partial charge in [-0.05, 0) is 24.6 Å². The van der Waals surface area contributed by atoms with Crippen LogP contribution in [0, 0.1) is 11.6 Å². The minimum absolute atomic E-state index is 0.106. The van der Waals surface area contributed by atoms with Crippen molar-refractivity contribution in [2.24, 2.45) is 0 Å². The van der Waals surface area contributed by atoms with Gasteiger partial charge in [-0.2, -0.15) is 0 Å².